The lowest BCUT2D eigenvalue weighted by molar-refractivity contribution is -0.408. The highest BCUT2D eigenvalue weighted by atomic mass is 19.1. The Morgan fingerprint density at radius 3 is 1.98 bits per heavy atom. The molecule has 2 heterocycles. The first-order valence-electron chi connectivity index (χ1n) is 16.4. The molecule has 0 radical (unpaired) electrons. The lowest BCUT2D eigenvalue weighted by atomic mass is 9.80. The molecule has 2 aromatic rings. The third-order valence-electron chi connectivity index (χ3n) is 8.48. The maximum Gasteiger partial charge on any atom is 0.223 e. The summed E-state index contributed by atoms with van der Waals surface area (Å²) in [5.74, 6) is -1.93. The number of hydrogen-bond donors (Lipinski definition) is 3. The monoisotopic (exact) mass is 634 g/mol. The fourth-order valence-corrected chi connectivity index (χ4v) is 5.64. The molecule has 9 nitrogen and oxygen atoms in total. The van der Waals surface area contributed by atoms with E-state index in [4.69, 9.17) is 28.4 Å². The van der Waals surface area contributed by atoms with Gasteiger partial charge >= 0.3 is 0 Å². The van der Waals surface area contributed by atoms with E-state index >= 15 is 4.39 Å². The van der Waals surface area contributed by atoms with Crippen LogP contribution in [0, 0.1) is 5.82 Å². The number of hydrogen-bond acceptors (Lipinski definition) is 9. The van der Waals surface area contributed by atoms with E-state index in [2.05, 4.69) is 0 Å². The van der Waals surface area contributed by atoms with Crippen molar-refractivity contribution in [1.82, 2.24) is 0 Å². The lowest BCUT2D eigenvalue weighted by Crippen LogP contribution is -2.72. The first kappa shape index (κ1) is 35.7. The predicted octanol–water partition coefficient (Wildman–Crippen LogP) is 4.65. The van der Waals surface area contributed by atoms with Crippen LogP contribution in [0.5, 0.6) is 5.75 Å². The van der Waals surface area contributed by atoms with E-state index in [1.54, 1.807) is 6.07 Å². The SMILES string of the molecule is CCCCOC1[C@@H](OCCCC)[C@H](OCCCC)C(CO)(CO)OC1(O)c1ccc(F)c(Cc2ccc(OC3COC3)cc2)c1. The Kier molecular flexibility index (Phi) is 13.6. The van der Waals surface area contributed by atoms with E-state index in [1.165, 1.54) is 12.1 Å². The Bertz CT molecular complexity index is 1150. The van der Waals surface area contributed by atoms with Crippen molar-refractivity contribution in [3.63, 3.8) is 0 Å². The summed E-state index contributed by atoms with van der Waals surface area (Å²) in [6.07, 6.45) is 2.21. The van der Waals surface area contributed by atoms with Gasteiger partial charge in [0.1, 0.15) is 41.6 Å². The maximum absolute atomic E-state index is 15.3. The van der Waals surface area contributed by atoms with E-state index in [9.17, 15) is 15.3 Å². The predicted molar refractivity (Wildman–Crippen MR) is 167 cm³/mol. The summed E-state index contributed by atoms with van der Waals surface area (Å²) >= 11 is 0. The summed E-state index contributed by atoms with van der Waals surface area (Å²) in [5.41, 5.74) is -0.311. The zero-order chi connectivity index (χ0) is 32.3. The van der Waals surface area contributed by atoms with Gasteiger partial charge in [0.05, 0.1) is 26.4 Å². The van der Waals surface area contributed by atoms with Gasteiger partial charge in [0, 0.05) is 31.8 Å². The number of rotatable bonds is 19. The summed E-state index contributed by atoms with van der Waals surface area (Å²) < 4.78 is 51.6. The van der Waals surface area contributed by atoms with Crippen LogP contribution in [0.1, 0.15) is 76.0 Å². The lowest BCUT2D eigenvalue weighted by Gasteiger charge is -2.55. The summed E-state index contributed by atoms with van der Waals surface area (Å²) in [7, 11) is 0. The smallest absolute Gasteiger partial charge is 0.223 e. The molecule has 4 rings (SSSR count). The van der Waals surface area contributed by atoms with Crippen molar-refractivity contribution < 1.29 is 48.1 Å². The van der Waals surface area contributed by atoms with Crippen molar-refractivity contribution in [2.75, 3.05) is 46.2 Å². The Morgan fingerprint density at radius 1 is 0.822 bits per heavy atom. The number of aliphatic hydroxyl groups excluding tert-OH is 2. The largest absolute Gasteiger partial charge is 0.486 e. The molecule has 0 spiro atoms. The topological polar surface area (TPSA) is 116 Å². The zero-order valence-electron chi connectivity index (χ0n) is 26.9. The second kappa shape index (κ2) is 17.1. The molecule has 0 amide bonds. The maximum atomic E-state index is 15.3. The number of halogens is 1. The van der Waals surface area contributed by atoms with Gasteiger partial charge in [0.25, 0.3) is 0 Å². The van der Waals surface area contributed by atoms with Gasteiger partial charge in [-0.05, 0) is 54.7 Å². The molecule has 0 saturated carbocycles. The minimum Gasteiger partial charge on any atom is -0.486 e. The van der Waals surface area contributed by atoms with Crippen LogP contribution < -0.4 is 4.74 Å². The van der Waals surface area contributed by atoms with Gasteiger partial charge in [0.15, 0.2) is 0 Å². The number of unbranched alkanes of at least 4 members (excludes halogenated alkanes) is 3. The molecule has 2 saturated heterocycles. The van der Waals surface area contributed by atoms with Gasteiger partial charge in [-0.2, -0.15) is 0 Å². The van der Waals surface area contributed by atoms with Crippen molar-refractivity contribution in [3.8, 4) is 5.75 Å². The van der Waals surface area contributed by atoms with Gasteiger partial charge in [-0.15, -0.1) is 0 Å². The van der Waals surface area contributed by atoms with E-state index in [0.717, 1.165) is 44.1 Å². The van der Waals surface area contributed by atoms with Crippen LogP contribution in [0.15, 0.2) is 42.5 Å². The molecule has 2 aliphatic rings. The summed E-state index contributed by atoms with van der Waals surface area (Å²) in [6.45, 7) is 6.97. The van der Waals surface area contributed by atoms with E-state index in [0.29, 0.717) is 44.3 Å². The number of benzene rings is 2. The molecule has 0 aromatic heterocycles. The van der Waals surface area contributed by atoms with Crippen LogP contribution in [-0.2, 0) is 35.9 Å². The highest BCUT2D eigenvalue weighted by Gasteiger charge is 2.63. The molecule has 2 aromatic carbocycles. The third kappa shape index (κ3) is 8.61. The Hall–Kier alpha value is -2.15. The minimum absolute atomic E-state index is 0.0464. The first-order valence-corrected chi connectivity index (χ1v) is 16.4. The van der Waals surface area contributed by atoms with E-state index in [1.807, 2.05) is 45.0 Å². The molecule has 0 aliphatic carbocycles. The Labute approximate surface area is 266 Å². The second-order valence-corrected chi connectivity index (χ2v) is 12.1. The molecular formula is C35H51FO9. The van der Waals surface area contributed by atoms with E-state index < -0.39 is 48.7 Å². The zero-order valence-corrected chi connectivity index (χ0v) is 26.9. The summed E-state index contributed by atoms with van der Waals surface area (Å²) in [4.78, 5) is 0. The molecule has 4 atom stereocenters. The van der Waals surface area contributed by atoms with Crippen LogP contribution >= 0.6 is 0 Å². The minimum atomic E-state index is -2.20. The summed E-state index contributed by atoms with van der Waals surface area (Å²) in [6, 6.07) is 11.7. The van der Waals surface area contributed by atoms with Crippen molar-refractivity contribution in [3.05, 3.63) is 65.0 Å². The first-order chi connectivity index (χ1) is 21.8. The van der Waals surface area contributed by atoms with Crippen molar-refractivity contribution >= 4 is 0 Å². The van der Waals surface area contributed by atoms with Crippen LogP contribution in [0.25, 0.3) is 0 Å². The molecule has 10 heteroatoms. The third-order valence-corrected chi connectivity index (χ3v) is 8.48. The van der Waals surface area contributed by atoms with Crippen molar-refractivity contribution in [2.45, 2.75) is 102 Å². The molecular weight excluding hydrogens is 583 g/mol. The standard InChI is InChI=1S/C35H51FO9/c1-4-7-16-41-31-32(42-17-8-5-2)34(23-37,24-38)45-35(39,33(31)43-18-9-6-3)27-12-15-30(36)26(20-27)19-25-10-13-28(14-11-25)44-29-21-40-22-29/h10-15,20,29,31-33,37-39H,4-9,16-19,21-24H2,1-3H3/t31-,32-,33?,35?/m0/s1. The van der Waals surface area contributed by atoms with Crippen molar-refractivity contribution in [1.29, 1.82) is 0 Å². The van der Waals surface area contributed by atoms with Gasteiger partial charge in [-0.3, -0.25) is 0 Å². The number of ether oxygens (including phenoxy) is 6. The molecule has 45 heavy (non-hydrogen) atoms. The fourth-order valence-electron chi connectivity index (χ4n) is 5.64. The van der Waals surface area contributed by atoms with Crippen LogP contribution in [0.3, 0.4) is 0 Å². The normalized spacial score (nSPS) is 24.8. The quantitative estimate of drug-likeness (QED) is 0.190. The number of aliphatic hydroxyl groups is 3. The fraction of sp³-hybridized carbons (Fsp3) is 0.657. The Balaban J connectivity index is 1.70. The molecule has 0 bridgehead atoms. The average Bonchev–Trinajstić information content (AvgIpc) is 3.03. The highest BCUT2D eigenvalue weighted by molar-refractivity contribution is 5.36. The van der Waals surface area contributed by atoms with Gasteiger partial charge in [-0.25, -0.2) is 4.39 Å². The van der Waals surface area contributed by atoms with Crippen LogP contribution in [0.4, 0.5) is 4.39 Å². The summed E-state index contributed by atoms with van der Waals surface area (Å²) in [5, 5.41) is 33.8. The van der Waals surface area contributed by atoms with Crippen molar-refractivity contribution in [2.24, 2.45) is 0 Å². The Morgan fingerprint density at radius 2 is 1.42 bits per heavy atom. The van der Waals surface area contributed by atoms with Crippen LogP contribution in [-0.4, -0.2) is 91.6 Å². The highest BCUT2D eigenvalue weighted by Crippen LogP contribution is 2.45. The van der Waals surface area contributed by atoms with E-state index in [-0.39, 0.29) is 18.1 Å². The van der Waals surface area contributed by atoms with Gasteiger partial charge < -0.3 is 43.7 Å². The molecule has 2 aliphatic heterocycles. The van der Waals surface area contributed by atoms with Gasteiger partial charge in [-0.1, -0.05) is 58.2 Å². The average molecular weight is 635 g/mol. The second-order valence-electron chi connectivity index (χ2n) is 12.1. The van der Waals surface area contributed by atoms with Gasteiger partial charge in [0.2, 0.25) is 5.79 Å². The molecule has 3 N–H and O–H groups in total. The molecule has 252 valence electrons. The molecule has 2 unspecified atom stereocenters. The van der Waals surface area contributed by atoms with Crippen LogP contribution in [0.2, 0.25) is 0 Å². The molecule has 2 fully saturated rings.